The first-order chi connectivity index (χ1) is 16.2. The monoisotopic (exact) mass is 477 g/mol. The van der Waals surface area contributed by atoms with Crippen LogP contribution in [0.5, 0.6) is 5.75 Å². The van der Waals surface area contributed by atoms with E-state index in [4.69, 9.17) is 17.0 Å². The molecule has 4 aromatic rings. The zero-order valence-corrected chi connectivity index (χ0v) is 20.1. The van der Waals surface area contributed by atoms with E-state index in [0.29, 0.717) is 22.0 Å². The van der Waals surface area contributed by atoms with Crippen LogP contribution in [-0.2, 0) is 6.54 Å². The van der Waals surface area contributed by atoms with Crippen molar-refractivity contribution in [1.82, 2.24) is 14.5 Å². The highest BCUT2D eigenvalue weighted by Crippen LogP contribution is 2.21. The molecular formula is C26H24FN3O3S. The fourth-order valence-electron chi connectivity index (χ4n) is 3.92. The van der Waals surface area contributed by atoms with Crippen LogP contribution in [0.1, 0.15) is 27.0 Å². The molecule has 34 heavy (non-hydrogen) atoms. The third kappa shape index (κ3) is 4.24. The van der Waals surface area contributed by atoms with E-state index in [-0.39, 0.29) is 28.5 Å². The lowest BCUT2D eigenvalue weighted by molar-refractivity contribution is 0.0785. The maximum Gasteiger partial charge on any atom is 0.266 e. The van der Waals surface area contributed by atoms with Gasteiger partial charge in [0.2, 0.25) is 0 Å². The number of amides is 1. The number of H-pyrrole nitrogens is 1. The Morgan fingerprint density at radius 1 is 1.15 bits per heavy atom. The second kappa shape index (κ2) is 9.23. The van der Waals surface area contributed by atoms with Crippen LogP contribution in [0, 0.1) is 24.4 Å². The van der Waals surface area contributed by atoms with E-state index in [2.05, 4.69) is 4.98 Å². The molecule has 3 aromatic carbocycles. The Bertz CT molecular complexity index is 1540. The molecule has 0 saturated heterocycles. The summed E-state index contributed by atoms with van der Waals surface area (Å²) >= 11 is 5.50. The predicted octanol–water partition coefficient (Wildman–Crippen LogP) is 5.09. The molecule has 6 nitrogen and oxygen atoms in total. The molecule has 0 aliphatic heterocycles. The highest BCUT2D eigenvalue weighted by molar-refractivity contribution is 7.71. The summed E-state index contributed by atoms with van der Waals surface area (Å²) in [6.45, 7) is 4.14. The van der Waals surface area contributed by atoms with Gasteiger partial charge in [0.1, 0.15) is 0 Å². The molecule has 0 saturated carbocycles. The van der Waals surface area contributed by atoms with Gasteiger partial charge in [-0.25, -0.2) is 4.39 Å². The van der Waals surface area contributed by atoms with Crippen molar-refractivity contribution in [3.8, 4) is 11.4 Å². The molecule has 0 bridgehead atoms. The van der Waals surface area contributed by atoms with Crippen molar-refractivity contribution in [2.24, 2.45) is 0 Å². The van der Waals surface area contributed by atoms with Gasteiger partial charge in [0.15, 0.2) is 16.3 Å². The molecule has 0 aliphatic carbocycles. The maximum atomic E-state index is 14.0. The second-order valence-corrected chi connectivity index (χ2v) is 8.57. The predicted molar refractivity (Wildman–Crippen MR) is 133 cm³/mol. The quantitative estimate of drug-likeness (QED) is 0.407. The first-order valence-corrected chi connectivity index (χ1v) is 11.1. The minimum Gasteiger partial charge on any atom is -0.494 e. The number of fused-ring (bicyclic) bond motifs is 1. The number of aromatic nitrogens is 2. The van der Waals surface area contributed by atoms with E-state index in [0.717, 1.165) is 16.8 Å². The molecule has 4 rings (SSSR count). The Morgan fingerprint density at radius 3 is 2.62 bits per heavy atom. The van der Waals surface area contributed by atoms with Crippen LogP contribution in [0.4, 0.5) is 4.39 Å². The number of halogens is 1. The summed E-state index contributed by atoms with van der Waals surface area (Å²) in [4.78, 5) is 30.9. The number of hydrogen-bond donors (Lipinski definition) is 1. The van der Waals surface area contributed by atoms with E-state index >= 15 is 0 Å². The lowest BCUT2D eigenvalue weighted by atomic mass is 10.1. The van der Waals surface area contributed by atoms with Crippen molar-refractivity contribution in [2.45, 2.75) is 20.4 Å². The van der Waals surface area contributed by atoms with Crippen molar-refractivity contribution in [1.29, 1.82) is 0 Å². The number of methoxy groups -OCH3 is 1. The SMILES string of the molecule is COc1ccc(CN(C)C(=O)c2ccc3c(=O)n(-c4cccc(C)c4C)c(=S)[nH]c3c2)cc1F. The lowest BCUT2D eigenvalue weighted by Crippen LogP contribution is -2.26. The largest absolute Gasteiger partial charge is 0.494 e. The van der Waals surface area contributed by atoms with Gasteiger partial charge in [-0.2, -0.15) is 0 Å². The van der Waals surface area contributed by atoms with Crippen molar-refractivity contribution in [2.75, 3.05) is 14.2 Å². The van der Waals surface area contributed by atoms with Crippen LogP contribution in [0.25, 0.3) is 16.6 Å². The fraction of sp³-hybridized carbons (Fsp3) is 0.192. The van der Waals surface area contributed by atoms with Gasteiger partial charge in [-0.05, 0) is 79.2 Å². The lowest BCUT2D eigenvalue weighted by Gasteiger charge is -2.18. The summed E-state index contributed by atoms with van der Waals surface area (Å²) in [6.07, 6.45) is 0. The van der Waals surface area contributed by atoms with Crippen molar-refractivity contribution in [3.05, 3.63) is 97.8 Å². The number of aromatic amines is 1. The standard InChI is InChI=1S/C26H24FN3O3S/c1-15-6-5-7-22(16(15)2)30-25(32)19-10-9-18(13-21(19)28-26(30)34)24(31)29(3)14-17-8-11-23(33-4)20(27)12-17/h5-13H,14H2,1-4H3,(H,28,34). The first-order valence-electron chi connectivity index (χ1n) is 10.6. The number of aryl methyl sites for hydroxylation is 1. The maximum absolute atomic E-state index is 14.0. The average Bonchev–Trinajstić information content (AvgIpc) is 2.81. The Labute approximate surface area is 201 Å². The molecule has 0 fully saturated rings. The van der Waals surface area contributed by atoms with Crippen LogP contribution in [0.3, 0.4) is 0 Å². The van der Waals surface area contributed by atoms with Gasteiger partial charge in [-0.3, -0.25) is 14.2 Å². The summed E-state index contributed by atoms with van der Waals surface area (Å²) in [5.74, 6) is -0.607. The van der Waals surface area contributed by atoms with Crippen LogP contribution in [0.2, 0.25) is 0 Å². The summed E-state index contributed by atoms with van der Waals surface area (Å²) in [5.41, 5.74) is 3.98. The topological polar surface area (TPSA) is 67.3 Å². The van der Waals surface area contributed by atoms with Gasteiger partial charge in [-0.15, -0.1) is 0 Å². The number of hydrogen-bond acceptors (Lipinski definition) is 4. The van der Waals surface area contributed by atoms with Crippen LogP contribution >= 0.6 is 12.2 Å². The molecule has 8 heteroatoms. The molecule has 0 unspecified atom stereocenters. The summed E-state index contributed by atoms with van der Waals surface area (Å²) in [6, 6.07) is 15.2. The highest BCUT2D eigenvalue weighted by atomic mass is 32.1. The Hall–Kier alpha value is -3.78. The third-order valence-corrected chi connectivity index (χ3v) is 6.23. The zero-order valence-electron chi connectivity index (χ0n) is 19.3. The minimum absolute atomic E-state index is 0.147. The van der Waals surface area contributed by atoms with Gasteiger partial charge >= 0.3 is 0 Å². The van der Waals surface area contributed by atoms with Crippen molar-refractivity contribution < 1.29 is 13.9 Å². The van der Waals surface area contributed by atoms with Crippen LogP contribution < -0.4 is 10.3 Å². The average molecular weight is 478 g/mol. The van der Waals surface area contributed by atoms with Crippen LogP contribution in [-0.4, -0.2) is 34.5 Å². The summed E-state index contributed by atoms with van der Waals surface area (Å²) < 4.78 is 20.7. The number of nitrogens with zero attached hydrogens (tertiary/aromatic N) is 2. The van der Waals surface area contributed by atoms with Gasteiger partial charge < -0.3 is 14.6 Å². The Morgan fingerprint density at radius 2 is 1.91 bits per heavy atom. The number of nitrogens with one attached hydrogen (secondary N) is 1. The Balaban J connectivity index is 1.68. The van der Waals surface area contributed by atoms with E-state index in [9.17, 15) is 14.0 Å². The molecule has 0 aliphatic rings. The second-order valence-electron chi connectivity index (χ2n) is 8.18. The number of benzene rings is 3. The number of rotatable bonds is 5. The number of carbonyl (C=O) groups excluding carboxylic acids is 1. The molecule has 0 atom stereocenters. The van der Waals surface area contributed by atoms with Gasteiger partial charge in [-0.1, -0.05) is 18.2 Å². The highest BCUT2D eigenvalue weighted by Gasteiger charge is 2.16. The minimum atomic E-state index is -0.487. The van der Waals surface area contributed by atoms with Crippen molar-refractivity contribution >= 4 is 29.0 Å². The molecular weight excluding hydrogens is 453 g/mol. The molecule has 174 valence electrons. The van der Waals surface area contributed by atoms with Gasteiger partial charge in [0.05, 0.1) is 23.7 Å². The first kappa shape index (κ1) is 23.4. The van der Waals surface area contributed by atoms with E-state index in [1.54, 1.807) is 31.3 Å². The fourth-order valence-corrected chi connectivity index (χ4v) is 4.21. The molecule has 0 radical (unpaired) electrons. The molecule has 1 heterocycles. The number of carbonyl (C=O) groups is 1. The van der Waals surface area contributed by atoms with Crippen molar-refractivity contribution in [3.63, 3.8) is 0 Å². The van der Waals surface area contributed by atoms with E-state index < -0.39 is 5.82 Å². The van der Waals surface area contributed by atoms with E-state index in [1.807, 2.05) is 32.0 Å². The van der Waals surface area contributed by atoms with Gasteiger partial charge in [0.25, 0.3) is 11.5 Å². The van der Waals surface area contributed by atoms with Gasteiger partial charge in [0, 0.05) is 19.2 Å². The zero-order chi connectivity index (χ0) is 24.6. The molecule has 1 aromatic heterocycles. The molecule has 1 amide bonds. The summed E-state index contributed by atoms with van der Waals surface area (Å²) in [7, 11) is 3.03. The van der Waals surface area contributed by atoms with E-state index in [1.165, 1.54) is 28.7 Å². The third-order valence-electron chi connectivity index (χ3n) is 5.94. The van der Waals surface area contributed by atoms with Crippen LogP contribution in [0.15, 0.2) is 59.4 Å². The number of ether oxygens (including phenoxy) is 1. The molecule has 0 spiro atoms. The smallest absolute Gasteiger partial charge is 0.266 e. The Kier molecular flexibility index (Phi) is 6.34. The normalized spacial score (nSPS) is 11.0. The molecule has 1 N–H and O–H groups in total. The summed E-state index contributed by atoms with van der Waals surface area (Å²) in [5, 5.41) is 0.422.